The van der Waals surface area contributed by atoms with Gasteiger partial charge in [-0.15, -0.1) is 11.3 Å². The van der Waals surface area contributed by atoms with Gasteiger partial charge in [-0.2, -0.15) is 0 Å². The van der Waals surface area contributed by atoms with E-state index in [1.54, 1.807) is 18.2 Å². The molecular weight excluding hydrogens is 531 g/mol. The fourth-order valence-electron chi connectivity index (χ4n) is 8.03. The number of hydrogen-bond donors (Lipinski definition) is 3. The van der Waals surface area contributed by atoms with Crippen LogP contribution in [-0.2, 0) is 11.4 Å². The van der Waals surface area contributed by atoms with Gasteiger partial charge >= 0.3 is 5.97 Å². The van der Waals surface area contributed by atoms with E-state index in [1.165, 1.54) is 23.5 Å². The fraction of sp³-hybridized carbons (Fsp3) is 0.387. The van der Waals surface area contributed by atoms with Crippen molar-refractivity contribution >= 4 is 44.2 Å². The van der Waals surface area contributed by atoms with Crippen LogP contribution in [0.25, 0.3) is 21.0 Å². The Labute approximate surface area is 234 Å². The summed E-state index contributed by atoms with van der Waals surface area (Å²) in [6.07, 6.45) is 4.16. The van der Waals surface area contributed by atoms with Crippen LogP contribution in [0.5, 0.6) is 5.75 Å². The number of ether oxygens (including phenoxy) is 1. The van der Waals surface area contributed by atoms with E-state index in [-0.39, 0.29) is 29.8 Å². The molecule has 1 heterocycles. The number of aromatic nitrogens is 1. The summed E-state index contributed by atoms with van der Waals surface area (Å²) in [5.74, 6) is -1.28. The number of carbonyl (C=O) groups is 2. The number of nitrogens with one attached hydrogen (secondary N) is 1. The number of carboxylic acid groups (broad SMARTS) is 1. The SMILES string of the molecule is O=C(N[C@H](C(=O)O)C12C[C@@H]3C[C@@H](CC(O)(C3)C1)C2)c1ccc2cc(F)ccc2c1OCc1nc2ccccc2s1. The predicted octanol–water partition coefficient (Wildman–Crippen LogP) is 5.68. The highest BCUT2D eigenvalue weighted by Gasteiger charge is 2.61. The molecule has 4 saturated carbocycles. The number of aliphatic hydroxyl groups is 1. The Balaban J connectivity index is 1.22. The summed E-state index contributed by atoms with van der Waals surface area (Å²) in [5.41, 5.74) is -0.524. The van der Waals surface area contributed by atoms with Crippen LogP contribution < -0.4 is 10.1 Å². The van der Waals surface area contributed by atoms with Gasteiger partial charge in [0.1, 0.15) is 29.2 Å². The normalized spacial score (nSPS) is 27.6. The third-order valence-electron chi connectivity index (χ3n) is 9.07. The Bertz CT molecular complexity index is 1620. The van der Waals surface area contributed by atoms with E-state index >= 15 is 0 Å². The largest absolute Gasteiger partial charge is 0.485 e. The maximum absolute atomic E-state index is 14.0. The van der Waals surface area contributed by atoms with Gasteiger partial charge in [0.05, 0.1) is 21.4 Å². The van der Waals surface area contributed by atoms with Crippen LogP contribution in [0, 0.1) is 23.1 Å². The van der Waals surface area contributed by atoms with Crippen molar-refractivity contribution in [3.05, 3.63) is 71.0 Å². The topological polar surface area (TPSA) is 109 Å². The molecule has 0 aliphatic heterocycles. The highest BCUT2D eigenvalue weighted by atomic mass is 32.1. The van der Waals surface area contributed by atoms with E-state index in [2.05, 4.69) is 10.3 Å². The second-order valence-corrected chi connectivity index (χ2v) is 13.1. The number of aliphatic carboxylic acids is 1. The van der Waals surface area contributed by atoms with Gasteiger partial charge in [0.15, 0.2) is 0 Å². The molecule has 8 rings (SSSR count). The Kier molecular flexibility index (Phi) is 5.87. The van der Waals surface area contributed by atoms with Gasteiger partial charge in [0.2, 0.25) is 0 Å². The number of carboxylic acids is 1. The van der Waals surface area contributed by atoms with Gasteiger partial charge in [-0.25, -0.2) is 14.2 Å². The van der Waals surface area contributed by atoms with Crippen molar-refractivity contribution in [2.24, 2.45) is 17.3 Å². The first-order valence-electron chi connectivity index (χ1n) is 13.7. The fourth-order valence-corrected chi connectivity index (χ4v) is 8.91. The number of benzene rings is 3. The van der Waals surface area contributed by atoms with E-state index in [0.717, 1.165) is 21.6 Å². The number of rotatable bonds is 7. The number of nitrogens with zero attached hydrogens (tertiary/aromatic N) is 1. The minimum Gasteiger partial charge on any atom is -0.485 e. The van der Waals surface area contributed by atoms with Gasteiger partial charge in [-0.1, -0.05) is 18.2 Å². The minimum atomic E-state index is -1.14. The lowest BCUT2D eigenvalue weighted by molar-refractivity contribution is -0.181. The van der Waals surface area contributed by atoms with Gasteiger partial charge < -0.3 is 20.3 Å². The molecule has 0 saturated heterocycles. The predicted molar refractivity (Wildman–Crippen MR) is 149 cm³/mol. The molecule has 1 aromatic heterocycles. The summed E-state index contributed by atoms with van der Waals surface area (Å²) in [6.45, 7) is 0.0960. The third-order valence-corrected chi connectivity index (χ3v) is 10.1. The van der Waals surface area contributed by atoms with Gasteiger partial charge in [0.25, 0.3) is 5.91 Å². The molecule has 206 valence electrons. The number of amides is 1. The van der Waals surface area contributed by atoms with Gasteiger partial charge in [-0.3, -0.25) is 4.79 Å². The maximum atomic E-state index is 14.0. The maximum Gasteiger partial charge on any atom is 0.326 e. The van der Waals surface area contributed by atoms with Crippen LogP contribution in [-0.4, -0.2) is 38.7 Å². The monoisotopic (exact) mass is 560 g/mol. The zero-order valence-corrected chi connectivity index (χ0v) is 22.5. The lowest BCUT2D eigenvalue weighted by Gasteiger charge is -2.61. The third kappa shape index (κ3) is 4.32. The molecule has 2 unspecified atom stereocenters. The van der Waals surface area contributed by atoms with E-state index in [9.17, 15) is 24.2 Å². The zero-order chi connectivity index (χ0) is 27.6. The second kappa shape index (κ2) is 9.24. The summed E-state index contributed by atoms with van der Waals surface area (Å²) in [7, 11) is 0. The Morgan fingerprint density at radius 3 is 2.60 bits per heavy atom. The summed E-state index contributed by atoms with van der Waals surface area (Å²) < 4.78 is 21.3. The Hall–Kier alpha value is -3.56. The molecule has 0 spiro atoms. The summed E-state index contributed by atoms with van der Waals surface area (Å²) in [6, 6.07) is 14.0. The van der Waals surface area contributed by atoms with E-state index in [0.29, 0.717) is 42.9 Å². The number of hydrogen-bond acceptors (Lipinski definition) is 6. The molecule has 4 aromatic rings. The second-order valence-electron chi connectivity index (χ2n) is 12.0. The molecule has 4 aliphatic rings. The van der Waals surface area contributed by atoms with Crippen LogP contribution >= 0.6 is 11.3 Å². The van der Waals surface area contributed by atoms with Crippen LogP contribution in [0.2, 0.25) is 0 Å². The number of fused-ring (bicyclic) bond motifs is 2. The minimum absolute atomic E-state index is 0.0960. The Morgan fingerprint density at radius 2 is 1.88 bits per heavy atom. The first kappa shape index (κ1) is 25.4. The molecule has 4 aliphatic carbocycles. The van der Waals surface area contributed by atoms with Gasteiger partial charge in [-0.05, 0) is 92.1 Å². The molecule has 0 radical (unpaired) electrons. The van der Waals surface area contributed by atoms with Crippen molar-refractivity contribution in [3.8, 4) is 5.75 Å². The van der Waals surface area contributed by atoms with Crippen LogP contribution in [0.3, 0.4) is 0 Å². The molecule has 1 amide bonds. The standard InChI is InChI=1S/C31H29FN2O5S/c32-20-6-8-21-19(10-20)5-7-22(26(21)39-15-25-33-23-3-1-2-4-24(23)40-25)28(35)34-27(29(36)37)30-11-17-9-18(12-30)14-31(38,13-17)16-30/h1-8,10,17-18,27,38H,9,11-16H2,(H,34,35)(H,36,37)/t17-,18+,27-,30?,31?/m1/s1. The highest BCUT2D eigenvalue weighted by Crippen LogP contribution is 2.62. The highest BCUT2D eigenvalue weighted by molar-refractivity contribution is 7.18. The van der Waals surface area contributed by atoms with Crippen LogP contribution in [0.1, 0.15) is 53.9 Å². The summed E-state index contributed by atoms with van der Waals surface area (Å²) >= 11 is 1.49. The van der Waals surface area contributed by atoms with Crippen molar-refractivity contribution in [1.29, 1.82) is 0 Å². The smallest absolute Gasteiger partial charge is 0.326 e. The first-order valence-corrected chi connectivity index (χ1v) is 14.5. The molecule has 3 aromatic carbocycles. The molecule has 7 nitrogen and oxygen atoms in total. The van der Waals surface area contributed by atoms with Crippen LogP contribution in [0.4, 0.5) is 4.39 Å². The average Bonchev–Trinajstić information content (AvgIpc) is 3.31. The van der Waals surface area contributed by atoms with Crippen molar-refractivity contribution in [1.82, 2.24) is 10.3 Å². The molecule has 9 heteroatoms. The van der Waals surface area contributed by atoms with E-state index in [1.807, 2.05) is 24.3 Å². The molecule has 4 fully saturated rings. The zero-order valence-electron chi connectivity index (χ0n) is 21.7. The average molecular weight is 561 g/mol. The van der Waals surface area contributed by atoms with E-state index < -0.39 is 34.8 Å². The number of thiazole rings is 1. The lowest BCUT2D eigenvalue weighted by Crippen LogP contribution is -2.64. The van der Waals surface area contributed by atoms with Crippen LogP contribution in [0.15, 0.2) is 54.6 Å². The van der Waals surface area contributed by atoms with Crippen molar-refractivity contribution in [3.63, 3.8) is 0 Å². The number of carbonyl (C=O) groups excluding carboxylic acids is 1. The molecule has 4 bridgehead atoms. The van der Waals surface area contributed by atoms with Crippen molar-refractivity contribution < 1.29 is 28.9 Å². The lowest BCUT2D eigenvalue weighted by atomic mass is 9.46. The number of halogens is 1. The van der Waals surface area contributed by atoms with Crippen molar-refractivity contribution in [2.75, 3.05) is 0 Å². The summed E-state index contributed by atoms with van der Waals surface area (Å²) in [5, 5.41) is 26.2. The van der Waals surface area contributed by atoms with Crippen molar-refractivity contribution in [2.45, 2.75) is 56.8 Å². The summed E-state index contributed by atoms with van der Waals surface area (Å²) in [4.78, 5) is 31.1. The molecular formula is C31H29FN2O5S. The molecule has 3 N–H and O–H groups in total. The van der Waals surface area contributed by atoms with Gasteiger partial charge in [0, 0.05) is 10.8 Å². The Morgan fingerprint density at radius 1 is 1.10 bits per heavy atom. The first-order chi connectivity index (χ1) is 19.2. The quantitative estimate of drug-likeness (QED) is 0.268. The molecule has 40 heavy (non-hydrogen) atoms. The number of para-hydroxylation sites is 1. The van der Waals surface area contributed by atoms with E-state index in [4.69, 9.17) is 4.74 Å². The molecule has 5 atom stereocenters.